The third-order valence-electron chi connectivity index (χ3n) is 5.14. The number of nitrogens with zero attached hydrogens (tertiary/aromatic N) is 4. The molecule has 2 heterocycles. The number of amides is 1. The first-order valence-electron chi connectivity index (χ1n) is 10.8. The molecule has 0 aliphatic rings. The van der Waals surface area contributed by atoms with Crippen molar-refractivity contribution < 1.29 is 13.9 Å². The molecule has 3 rings (SSSR count). The smallest absolute Gasteiger partial charge is 0.224 e. The Morgan fingerprint density at radius 1 is 1.25 bits per heavy atom. The van der Waals surface area contributed by atoms with E-state index in [2.05, 4.69) is 6.92 Å². The number of unbranched alkanes of at least 4 members (excludes halogenated alkanes) is 1. The minimum Gasteiger partial charge on any atom is -0.467 e. The number of ether oxygens (including phenoxy) is 1. The predicted molar refractivity (Wildman–Crippen MR) is 127 cm³/mol. The summed E-state index contributed by atoms with van der Waals surface area (Å²) in [6, 6.07) is 11.2. The number of hydrogen-bond donors (Lipinski definition) is 0. The minimum atomic E-state index is -0.00324. The standard InChI is InChI=1S/C23H29ClN4O3S/c1-3-4-12-27-22(18-7-9-19(24)10-8-18)25-28(23(27)32)13-11-21(29)26(14-16-30-2)17-20-6-5-15-31-20/h5-10,15H,3-4,11-14,16-17H2,1-2H3. The molecular weight excluding hydrogens is 448 g/mol. The second-order valence-corrected chi connectivity index (χ2v) is 8.28. The van der Waals surface area contributed by atoms with Crippen molar-refractivity contribution in [1.82, 2.24) is 19.2 Å². The van der Waals surface area contributed by atoms with Gasteiger partial charge >= 0.3 is 0 Å². The molecule has 0 aliphatic carbocycles. The quantitative estimate of drug-likeness (QED) is 0.336. The molecule has 0 saturated carbocycles. The average Bonchev–Trinajstić information content (AvgIpc) is 3.42. The molecule has 0 unspecified atom stereocenters. The summed E-state index contributed by atoms with van der Waals surface area (Å²) in [5.41, 5.74) is 0.946. The van der Waals surface area contributed by atoms with E-state index in [1.54, 1.807) is 23.0 Å². The Labute approximate surface area is 198 Å². The van der Waals surface area contributed by atoms with Gasteiger partial charge in [-0.05, 0) is 55.0 Å². The molecule has 0 fully saturated rings. The summed E-state index contributed by atoms with van der Waals surface area (Å²) in [6.45, 7) is 4.67. The third-order valence-corrected chi connectivity index (χ3v) is 5.83. The van der Waals surface area contributed by atoms with Crippen LogP contribution in [-0.2, 0) is 29.2 Å². The molecule has 2 aromatic heterocycles. The Morgan fingerprint density at radius 3 is 2.69 bits per heavy atom. The Bertz CT molecular complexity index is 1040. The van der Waals surface area contributed by atoms with Gasteiger partial charge in [-0.2, -0.15) is 5.10 Å². The van der Waals surface area contributed by atoms with E-state index >= 15 is 0 Å². The van der Waals surface area contributed by atoms with Gasteiger partial charge in [0.05, 0.1) is 26.0 Å². The summed E-state index contributed by atoms with van der Waals surface area (Å²) >= 11 is 11.8. The number of aromatic nitrogens is 3. The normalized spacial score (nSPS) is 11.1. The molecule has 3 aromatic rings. The van der Waals surface area contributed by atoms with Gasteiger partial charge < -0.3 is 14.1 Å². The number of rotatable bonds is 12. The fourth-order valence-corrected chi connectivity index (χ4v) is 3.80. The lowest BCUT2D eigenvalue weighted by atomic mass is 10.2. The predicted octanol–water partition coefficient (Wildman–Crippen LogP) is 5.19. The summed E-state index contributed by atoms with van der Waals surface area (Å²) in [4.78, 5) is 14.7. The number of benzene rings is 1. The molecule has 1 aromatic carbocycles. The van der Waals surface area contributed by atoms with Gasteiger partial charge in [-0.1, -0.05) is 24.9 Å². The van der Waals surface area contributed by atoms with Crippen molar-refractivity contribution in [2.75, 3.05) is 20.3 Å². The van der Waals surface area contributed by atoms with Gasteiger partial charge in [0.1, 0.15) is 5.76 Å². The van der Waals surface area contributed by atoms with Crippen LogP contribution in [0, 0.1) is 4.77 Å². The fraction of sp³-hybridized carbons (Fsp3) is 0.435. The lowest BCUT2D eigenvalue weighted by Crippen LogP contribution is -2.34. The number of carbonyl (C=O) groups excluding carboxylic acids is 1. The van der Waals surface area contributed by atoms with Crippen LogP contribution >= 0.6 is 23.8 Å². The summed E-state index contributed by atoms with van der Waals surface area (Å²) in [5.74, 6) is 1.52. The maximum absolute atomic E-state index is 13.0. The van der Waals surface area contributed by atoms with E-state index in [-0.39, 0.29) is 12.3 Å². The second kappa shape index (κ2) is 12.0. The van der Waals surface area contributed by atoms with Crippen LogP contribution in [0.2, 0.25) is 5.02 Å². The molecule has 7 nitrogen and oxygen atoms in total. The maximum Gasteiger partial charge on any atom is 0.224 e. The Kier molecular flexibility index (Phi) is 9.08. The number of halogens is 1. The first kappa shape index (κ1) is 24.2. The molecule has 9 heteroatoms. The van der Waals surface area contributed by atoms with Crippen molar-refractivity contribution in [3.63, 3.8) is 0 Å². The number of furan rings is 1. The molecule has 0 saturated heterocycles. The highest BCUT2D eigenvalue weighted by molar-refractivity contribution is 7.71. The van der Waals surface area contributed by atoms with E-state index in [9.17, 15) is 4.79 Å². The summed E-state index contributed by atoms with van der Waals surface area (Å²) in [7, 11) is 1.62. The molecule has 0 atom stereocenters. The highest BCUT2D eigenvalue weighted by atomic mass is 35.5. The molecule has 0 N–H and O–H groups in total. The van der Waals surface area contributed by atoms with Crippen LogP contribution in [0.25, 0.3) is 11.4 Å². The van der Waals surface area contributed by atoms with Crippen LogP contribution in [0.5, 0.6) is 0 Å². The van der Waals surface area contributed by atoms with Crippen LogP contribution < -0.4 is 0 Å². The van der Waals surface area contributed by atoms with Crippen LogP contribution in [0.3, 0.4) is 0 Å². The summed E-state index contributed by atoms with van der Waals surface area (Å²) < 4.78 is 15.0. The first-order chi connectivity index (χ1) is 15.5. The van der Waals surface area contributed by atoms with Gasteiger partial charge in [-0.25, -0.2) is 4.68 Å². The van der Waals surface area contributed by atoms with Crippen molar-refractivity contribution in [3.8, 4) is 11.4 Å². The van der Waals surface area contributed by atoms with Crippen molar-refractivity contribution in [3.05, 3.63) is 58.2 Å². The average molecular weight is 477 g/mol. The fourth-order valence-electron chi connectivity index (χ4n) is 3.36. The minimum absolute atomic E-state index is 0.00324. The zero-order valence-electron chi connectivity index (χ0n) is 18.5. The highest BCUT2D eigenvalue weighted by Crippen LogP contribution is 2.22. The van der Waals surface area contributed by atoms with Crippen LogP contribution in [0.15, 0.2) is 47.1 Å². The van der Waals surface area contributed by atoms with Gasteiger partial charge in [-0.3, -0.25) is 9.36 Å². The molecular formula is C23H29ClN4O3S. The zero-order chi connectivity index (χ0) is 22.9. The molecule has 0 bridgehead atoms. The van der Waals surface area contributed by atoms with E-state index in [1.165, 1.54) is 0 Å². The molecule has 32 heavy (non-hydrogen) atoms. The largest absolute Gasteiger partial charge is 0.467 e. The SMILES string of the molecule is CCCCn1c(-c2ccc(Cl)cc2)nn(CCC(=O)N(CCOC)Cc2ccco2)c1=S. The van der Waals surface area contributed by atoms with Gasteiger partial charge in [0.25, 0.3) is 0 Å². The lowest BCUT2D eigenvalue weighted by Gasteiger charge is -2.21. The zero-order valence-corrected chi connectivity index (χ0v) is 20.1. The monoisotopic (exact) mass is 476 g/mol. The van der Waals surface area contributed by atoms with Gasteiger partial charge in [0, 0.05) is 37.2 Å². The Hall–Kier alpha value is -2.42. The number of methoxy groups -OCH3 is 1. The summed E-state index contributed by atoms with van der Waals surface area (Å²) in [5, 5.41) is 5.42. The van der Waals surface area contributed by atoms with Crippen molar-refractivity contribution in [1.29, 1.82) is 0 Å². The van der Waals surface area contributed by atoms with E-state index in [0.29, 0.717) is 36.0 Å². The third kappa shape index (κ3) is 6.31. The van der Waals surface area contributed by atoms with Crippen molar-refractivity contribution >= 4 is 29.7 Å². The number of hydrogen-bond acceptors (Lipinski definition) is 5. The lowest BCUT2D eigenvalue weighted by molar-refractivity contribution is -0.133. The van der Waals surface area contributed by atoms with Crippen molar-refractivity contribution in [2.24, 2.45) is 0 Å². The van der Waals surface area contributed by atoms with E-state index in [0.717, 1.165) is 36.5 Å². The van der Waals surface area contributed by atoms with Gasteiger partial charge in [-0.15, -0.1) is 0 Å². The molecule has 1 amide bonds. The first-order valence-corrected chi connectivity index (χ1v) is 11.5. The van der Waals surface area contributed by atoms with E-state index in [1.807, 2.05) is 41.0 Å². The molecule has 0 radical (unpaired) electrons. The Balaban J connectivity index is 1.77. The topological polar surface area (TPSA) is 65.4 Å². The second-order valence-electron chi connectivity index (χ2n) is 7.48. The van der Waals surface area contributed by atoms with E-state index < -0.39 is 0 Å². The molecule has 172 valence electrons. The molecule has 0 aliphatic heterocycles. The summed E-state index contributed by atoms with van der Waals surface area (Å²) in [6.07, 6.45) is 3.93. The van der Waals surface area contributed by atoms with Crippen LogP contribution in [0.4, 0.5) is 0 Å². The van der Waals surface area contributed by atoms with Crippen LogP contribution in [-0.4, -0.2) is 45.4 Å². The highest BCUT2D eigenvalue weighted by Gasteiger charge is 2.18. The van der Waals surface area contributed by atoms with E-state index in [4.69, 9.17) is 38.1 Å². The van der Waals surface area contributed by atoms with Crippen molar-refractivity contribution in [2.45, 2.75) is 45.8 Å². The van der Waals surface area contributed by atoms with Gasteiger partial charge in [0.2, 0.25) is 5.91 Å². The molecule has 0 spiro atoms. The number of carbonyl (C=O) groups is 1. The van der Waals surface area contributed by atoms with Crippen LogP contribution in [0.1, 0.15) is 31.9 Å². The maximum atomic E-state index is 13.0. The number of aryl methyl sites for hydroxylation is 1. The Morgan fingerprint density at radius 2 is 2.03 bits per heavy atom. The van der Waals surface area contributed by atoms with Gasteiger partial charge in [0.15, 0.2) is 10.6 Å².